The number of carbonyl (C=O) groups is 1. The van der Waals surface area contributed by atoms with E-state index in [0.717, 1.165) is 25.9 Å². The summed E-state index contributed by atoms with van der Waals surface area (Å²) in [5.41, 5.74) is 1.24. The Hall–Kier alpha value is -1.35. The number of hydrogen-bond acceptors (Lipinski definition) is 2. The van der Waals surface area contributed by atoms with Crippen molar-refractivity contribution < 1.29 is 4.79 Å². The standard InChI is InChI=1S/C15H22N2O/c1-3-14(12-8-6-5-7-9-12)17-11-10-13(15(17)18)16-4-2/h5-9,13-14,16H,3-4,10-11H2,1-2H3. The molecule has 1 aliphatic heterocycles. The molecule has 1 saturated heterocycles. The molecule has 0 aliphatic carbocycles. The zero-order chi connectivity index (χ0) is 13.0. The number of nitrogens with one attached hydrogen (secondary N) is 1. The lowest BCUT2D eigenvalue weighted by Gasteiger charge is -2.27. The van der Waals surface area contributed by atoms with Gasteiger partial charge in [-0.2, -0.15) is 0 Å². The second kappa shape index (κ2) is 6.01. The number of likely N-dealkylation sites (tertiary alicyclic amines) is 1. The van der Waals surface area contributed by atoms with E-state index in [2.05, 4.69) is 24.4 Å². The molecule has 0 saturated carbocycles. The maximum atomic E-state index is 12.3. The Morgan fingerprint density at radius 1 is 1.33 bits per heavy atom. The van der Waals surface area contributed by atoms with Gasteiger partial charge in [0.25, 0.3) is 0 Å². The average molecular weight is 246 g/mol. The van der Waals surface area contributed by atoms with Gasteiger partial charge >= 0.3 is 0 Å². The number of carbonyl (C=O) groups excluding carboxylic acids is 1. The lowest BCUT2D eigenvalue weighted by molar-refractivity contribution is -0.131. The summed E-state index contributed by atoms with van der Waals surface area (Å²) in [5.74, 6) is 0.257. The molecule has 18 heavy (non-hydrogen) atoms. The normalized spacial score (nSPS) is 21.3. The SMILES string of the molecule is CCNC1CCN(C(CC)c2ccccc2)C1=O. The molecule has 0 bridgehead atoms. The fourth-order valence-electron chi connectivity index (χ4n) is 2.76. The number of rotatable bonds is 5. The fourth-order valence-corrected chi connectivity index (χ4v) is 2.76. The summed E-state index contributed by atoms with van der Waals surface area (Å²) in [6.07, 6.45) is 1.89. The second-order valence-electron chi connectivity index (χ2n) is 4.77. The quantitative estimate of drug-likeness (QED) is 0.865. The molecular formula is C15H22N2O. The molecule has 1 heterocycles. The summed E-state index contributed by atoms with van der Waals surface area (Å²) in [6.45, 7) is 5.91. The van der Waals surface area contributed by atoms with E-state index in [0.29, 0.717) is 0 Å². The van der Waals surface area contributed by atoms with E-state index < -0.39 is 0 Å². The molecule has 2 unspecified atom stereocenters. The van der Waals surface area contributed by atoms with E-state index in [1.807, 2.05) is 30.0 Å². The fraction of sp³-hybridized carbons (Fsp3) is 0.533. The van der Waals surface area contributed by atoms with Gasteiger partial charge in [-0.3, -0.25) is 4.79 Å². The van der Waals surface area contributed by atoms with Crippen molar-refractivity contribution >= 4 is 5.91 Å². The van der Waals surface area contributed by atoms with Gasteiger partial charge in [-0.05, 0) is 24.9 Å². The van der Waals surface area contributed by atoms with Crippen molar-refractivity contribution in [3.8, 4) is 0 Å². The maximum Gasteiger partial charge on any atom is 0.240 e. The number of nitrogens with zero attached hydrogens (tertiary/aromatic N) is 1. The third kappa shape index (κ3) is 2.56. The van der Waals surface area contributed by atoms with E-state index in [9.17, 15) is 4.79 Å². The van der Waals surface area contributed by atoms with Crippen molar-refractivity contribution in [2.24, 2.45) is 0 Å². The number of hydrogen-bond donors (Lipinski definition) is 1. The Labute approximate surface area is 109 Å². The lowest BCUT2D eigenvalue weighted by atomic mass is 10.0. The van der Waals surface area contributed by atoms with Crippen LogP contribution in [0.15, 0.2) is 30.3 Å². The minimum Gasteiger partial charge on any atom is -0.334 e. The minimum atomic E-state index is 0.0211. The Balaban J connectivity index is 2.13. The zero-order valence-corrected chi connectivity index (χ0v) is 11.2. The van der Waals surface area contributed by atoms with Crippen molar-refractivity contribution in [2.75, 3.05) is 13.1 Å². The monoisotopic (exact) mass is 246 g/mol. The molecule has 0 aromatic heterocycles. The molecule has 1 fully saturated rings. The summed E-state index contributed by atoms with van der Waals surface area (Å²) in [4.78, 5) is 14.4. The predicted octanol–water partition coefficient (Wildman–Crippen LogP) is 2.35. The van der Waals surface area contributed by atoms with Crippen molar-refractivity contribution in [3.63, 3.8) is 0 Å². The molecule has 1 N–H and O–H groups in total. The highest BCUT2D eigenvalue weighted by molar-refractivity contribution is 5.84. The number of amides is 1. The van der Waals surface area contributed by atoms with Crippen LogP contribution < -0.4 is 5.32 Å². The van der Waals surface area contributed by atoms with E-state index in [1.54, 1.807) is 0 Å². The summed E-state index contributed by atoms with van der Waals surface area (Å²) in [5, 5.41) is 3.26. The van der Waals surface area contributed by atoms with Crippen molar-refractivity contribution in [3.05, 3.63) is 35.9 Å². The summed E-state index contributed by atoms with van der Waals surface area (Å²) in [6, 6.07) is 10.6. The molecule has 2 atom stereocenters. The molecule has 3 nitrogen and oxygen atoms in total. The molecule has 1 amide bonds. The van der Waals surface area contributed by atoms with E-state index in [4.69, 9.17) is 0 Å². The smallest absolute Gasteiger partial charge is 0.240 e. The second-order valence-corrected chi connectivity index (χ2v) is 4.77. The maximum absolute atomic E-state index is 12.3. The van der Waals surface area contributed by atoms with Gasteiger partial charge < -0.3 is 10.2 Å². The van der Waals surface area contributed by atoms with Gasteiger partial charge in [0.2, 0.25) is 5.91 Å². The third-order valence-corrected chi connectivity index (χ3v) is 3.64. The van der Waals surface area contributed by atoms with E-state index >= 15 is 0 Å². The first-order valence-corrected chi connectivity index (χ1v) is 6.86. The Kier molecular flexibility index (Phi) is 4.37. The Morgan fingerprint density at radius 2 is 2.06 bits per heavy atom. The van der Waals surface area contributed by atoms with Crippen LogP contribution in [0.5, 0.6) is 0 Å². The molecule has 1 aliphatic rings. The Morgan fingerprint density at radius 3 is 2.67 bits per heavy atom. The predicted molar refractivity (Wildman–Crippen MR) is 73.3 cm³/mol. The molecular weight excluding hydrogens is 224 g/mol. The van der Waals surface area contributed by atoms with Gasteiger partial charge in [0.05, 0.1) is 12.1 Å². The molecule has 0 spiro atoms. The van der Waals surface area contributed by atoms with Crippen LogP contribution in [-0.2, 0) is 4.79 Å². The summed E-state index contributed by atoms with van der Waals surface area (Å²) < 4.78 is 0. The van der Waals surface area contributed by atoms with Crippen molar-refractivity contribution in [2.45, 2.75) is 38.8 Å². The van der Waals surface area contributed by atoms with Crippen LogP contribution in [0.3, 0.4) is 0 Å². The lowest BCUT2D eigenvalue weighted by Crippen LogP contribution is -2.39. The van der Waals surface area contributed by atoms with Crippen LogP contribution >= 0.6 is 0 Å². The highest BCUT2D eigenvalue weighted by Gasteiger charge is 2.35. The Bertz CT molecular complexity index is 391. The molecule has 2 rings (SSSR count). The number of benzene rings is 1. The average Bonchev–Trinajstić information content (AvgIpc) is 2.75. The summed E-state index contributed by atoms with van der Waals surface area (Å²) >= 11 is 0. The minimum absolute atomic E-state index is 0.0211. The van der Waals surface area contributed by atoms with Gasteiger partial charge in [0.15, 0.2) is 0 Å². The molecule has 3 heteroatoms. The van der Waals surface area contributed by atoms with Crippen LogP contribution in [-0.4, -0.2) is 29.9 Å². The van der Waals surface area contributed by atoms with Crippen LogP contribution in [0.1, 0.15) is 38.3 Å². The first-order valence-electron chi connectivity index (χ1n) is 6.86. The van der Waals surface area contributed by atoms with Gasteiger partial charge in [-0.25, -0.2) is 0 Å². The first kappa shape index (κ1) is 13.1. The molecule has 1 aromatic carbocycles. The van der Waals surface area contributed by atoms with Crippen LogP contribution in [0.4, 0.5) is 0 Å². The number of likely N-dealkylation sites (N-methyl/N-ethyl adjacent to an activating group) is 1. The highest BCUT2D eigenvalue weighted by Crippen LogP contribution is 2.28. The van der Waals surface area contributed by atoms with E-state index in [-0.39, 0.29) is 18.0 Å². The van der Waals surface area contributed by atoms with Crippen LogP contribution in [0.2, 0.25) is 0 Å². The van der Waals surface area contributed by atoms with Gasteiger partial charge in [-0.1, -0.05) is 44.2 Å². The molecule has 0 radical (unpaired) electrons. The van der Waals surface area contributed by atoms with Crippen molar-refractivity contribution in [1.29, 1.82) is 0 Å². The topological polar surface area (TPSA) is 32.3 Å². The highest BCUT2D eigenvalue weighted by atomic mass is 16.2. The van der Waals surface area contributed by atoms with Gasteiger partial charge in [-0.15, -0.1) is 0 Å². The van der Waals surface area contributed by atoms with E-state index in [1.165, 1.54) is 5.56 Å². The van der Waals surface area contributed by atoms with Gasteiger partial charge in [0.1, 0.15) is 0 Å². The van der Waals surface area contributed by atoms with Crippen LogP contribution in [0.25, 0.3) is 0 Å². The van der Waals surface area contributed by atoms with Crippen molar-refractivity contribution in [1.82, 2.24) is 10.2 Å². The largest absolute Gasteiger partial charge is 0.334 e. The van der Waals surface area contributed by atoms with Crippen LogP contribution in [0, 0.1) is 0 Å². The molecule has 98 valence electrons. The zero-order valence-electron chi connectivity index (χ0n) is 11.2. The molecule has 1 aromatic rings. The third-order valence-electron chi connectivity index (χ3n) is 3.64. The summed E-state index contributed by atoms with van der Waals surface area (Å²) in [7, 11) is 0. The first-order chi connectivity index (χ1) is 8.77. The van der Waals surface area contributed by atoms with Gasteiger partial charge in [0, 0.05) is 6.54 Å².